The van der Waals surface area contributed by atoms with E-state index in [-0.39, 0.29) is 0 Å². The van der Waals surface area contributed by atoms with Crippen LogP contribution in [0.5, 0.6) is 5.75 Å². The molecule has 0 saturated heterocycles. The molecule has 1 heterocycles. The van der Waals surface area contributed by atoms with Gasteiger partial charge in [-0.25, -0.2) is 4.98 Å². The molecule has 0 unspecified atom stereocenters. The van der Waals surface area contributed by atoms with Gasteiger partial charge >= 0.3 is 0 Å². The molecule has 108 valence electrons. The Balaban J connectivity index is 1.52. The van der Waals surface area contributed by atoms with Crippen molar-refractivity contribution in [2.45, 2.75) is 5.03 Å². The second kappa shape index (κ2) is 6.97. The summed E-state index contributed by atoms with van der Waals surface area (Å²) >= 11 is 1.67. The molecule has 0 fully saturated rings. The molecule has 0 bridgehead atoms. The van der Waals surface area contributed by atoms with Crippen LogP contribution in [0.4, 0.5) is 0 Å². The Bertz CT molecular complexity index is 809. The fourth-order valence-corrected chi connectivity index (χ4v) is 2.76. The smallest absolute Gasteiger partial charge is 0.119 e. The third-order valence-electron chi connectivity index (χ3n) is 3.16. The minimum atomic E-state index is 0.602. The van der Waals surface area contributed by atoms with E-state index >= 15 is 0 Å². The largest absolute Gasteiger partial charge is 0.493 e. The number of fused-ring (bicyclic) bond motifs is 1. The number of ether oxygens (including phenoxy) is 1. The number of hydrogen-bond acceptors (Lipinski definition) is 4. The lowest BCUT2D eigenvalue weighted by Crippen LogP contribution is -2.00. The molecule has 3 aromatic rings. The lowest BCUT2D eigenvalue weighted by molar-refractivity contribution is 0.344. The van der Waals surface area contributed by atoms with Crippen LogP contribution in [0, 0.1) is 11.3 Å². The van der Waals surface area contributed by atoms with Crippen molar-refractivity contribution in [3.8, 4) is 11.8 Å². The summed E-state index contributed by atoms with van der Waals surface area (Å²) in [4.78, 5) is 4.61. The number of benzene rings is 2. The predicted molar refractivity (Wildman–Crippen MR) is 89.1 cm³/mol. The Morgan fingerprint density at radius 2 is 1.82 bits per heavy atom. The van der Waals surface area contributed by atoms with Gasteiger partial charge in [-0.2, -0.15) is 5.26 Å². The normalized spacial score (nSPS) is 10.3. The topological polar surface area (TPSA) is 45.9 Å². The minimum absolute atomic E-state index is 0.602. The third-order valence-corrected chi connectivity index (χ3v) is 4.05. The Morgan fingerprint density at radius 1 is 1.00 bits per heavy atom. The highest BCUT2D eigenvalue weighted by molar-refractivity contribution is 7.99. The summed E-state index contributed by atoms with van der Waals surface area (Å²) in [6.07, 6.45) is 0. The van der Waals surface area contributed by atoms with Crippen LogP contribution in [0.1, 0.15) is 5.56 Å². The van der Waals surface area contributed by atoms with Gasteiger partial charge in [-0.3, -0.25) is 0 Å². The molecule has 3 nitrogen and oxygen atoms in total. The van der Waals surface area contributed by atoms with Gasteiger partial charge in [0.25, 0.3) is 0 Å². The lowest BCUT2D eigenvalue weighted by atomic mass is 10.2. The number of para-hydroxylation sites is 1. The number of aromatic nitrogens is 1. The molecule has 0 N–H and O–H groups in total. The zero-order valence-corrected chi connectivity index (χ0v) is 12.7. The van der Waals surface area contributed by atoms with Crippen molar-refractivity contribution >= 4 is 22.7 Å². The quantitative estimate of drug-likeness (QED) is 0.521. The second-order valence-electron chi connectivity index (χ2n) is 4.68. The Morgan fingerprint density at radius 3 is 2.64 bits per heavy atom. The predicted octanol–water partition coefficient (Wildman–Crippen LogP) is 4.28. The van der Waals surface area contributed by atoms with Gasteiger partial charge in [0.1, 0.15) is 5.75 Å². The maximum atomic E-state index is 8.74. The van der Waals surface area contributed by atoms with E-state index in [0.717, 1.165) is 27.4 Å². The number of pyridine rings is 1. The molecule has 0 atom stereocenters. The molecule has 4 heteroatoms. The summed E-state index contributed by atoms with van der Waals surface area (Å²) in [7, 11) is 0. The van der Waals surface area contributed by atoms with Gasteiger partial charge in [0.15, 0.2) is 0 Å². The number of nitrogens with zero attached hydrogens (tertiary/aromatic N) is 2. The van der Waals surface area contributed by atoms with E-state index in [2.05, 4.69) is 23.2 Å². The molecular formula is C18H14N2OS. The first-order valence-electron chi connectivity index (χ1n) is 6.97. The van der Waals surface area contributed by atoms with Crippen LogP contribution in [-0.4, -0.2) is 17.3 Å². The standard InChI is InChI=1S/C18H14N2OS/c19-13-14-5-8-16(9-6-14)21-11-12-22-18-10-7-15-3-1-2-4-17(15)20-18/h1-10H,11-12H2. The van der Waals surface area contributed by atoms with E-state index in [0.29, 0.717) is 12.2 Å². The summed E-state index contributed by atoms with van der Waals surface area (Å²) in [6, 6.07) is 21.5. The van der Waals surface area contributed by atoms with E-state index in [9.17, 15) is 0 Å². The van der Waals surface area contributed by atoms with Crippen molar-refractivity contribution < 1.29 is 4.74 Å². The van der Waals surface area contributed by atoms with Crippen LogP contribution in [0.25, 0.3) is 10.9 Å². The van der Waals surface area contributed by atoms with Crippen LogP contribution in [0.2, 0.25) is 0 Å². The first-order valence-corrected chi connectivity index (χ1v) is 7.95. The maximum Gasteiger partial charge on any atom is 0.119 e. The summed E-state index contributed by atoms with van der Waals surface area (Å²) in [6.45, 7) is 0.602. The maximum absolute atomic E-state index is 8.74. The van der Waals surface area contributed by atoms with E-state index in [4.69, 9.17) is 10.00 Å². The molecule has 3 rings (SSSR count). The van der Waals surface area contributed by atoms with Crippen LogP contribution < -0.4 is 4.74 Å². The summed E-state index contributed by atoms with van der Waals surface area (Å²) in [5.74, 6) is 1.61. The lowest BCUT2D eigenvalue weighted by Gasteiger charge is -2.06. The summed E-state index contributed by atoms with van der Waals surface area (Å²) < 4.78 is 5.66. The fourth-order valence-electron chi connectivity index (χ4n) is 2.06. The van der Waals surface area contributed by atoms with E-state index < -0.39 is 0 Å². The van der Waals surface area contributed by atoms with Gasteiger partial charge in [0.2, 0.25) is 0 Å². The van der Waals surface area contributed by atoms with Crippen LogP contribution >= 0.6 is 11.8 Å². The zero-order valence-electron chi connectivity index (χ0n) is 11.9. The molecule has 22 heavy (non-hydrogen) atoms. The van der Waals surface area contributed by atoms with Gasteiger partial charge in [0.05, 0.1) is 28.8 Å². The minimum Gasteiger partial charge on any atom is -0.493 e. The van der Waals surface area contributed by atoms with E-state index in [1.165, 1.54) is 0 Å². The van der Waals surface area contributed by atoms with Crippen molar-refractivity contribution in [1.82, 2.24) is 4.98 Å². The van der Waals surface area contributed by atoms with Crippen molar-refractivity contribution in [2.24, 2.45) is 0 Å². The first kappa shape index (κ1) is 14.4. The van der Waals surface area contributed by atoms with E-state index in [1.54, 1.807) is 23.9 Å². The van der Waals surface area contributed by atoms with E-state index in [1.807, 2.05) is 36.4 Å². The molecule has 0 saturated carbocycles. The van der Waals surface area contributed by atoms with Crippen molar-refractivity contribution in [3.05, 3.63) is 66.2 Å². The zero-order chi connectivity index (χ0) is 15.2. The molecule has 0 spiro atoms. The number of rotatable bonds is 5. The molecule has 0 aliphatic heterocycles. The monoisotopic (exact) mass is 306 g/mol. The Labute approximate surface area is 133 Å². The molecule has 0 aliphatic rings. The molecule has 1 aromatic heterocycles. The van der Waals surface area contributed by atoms with Gasteiger partial charge in [0, 0.05) is 11.1 Å². The van der Waals surface area contributed by atoms with Gasteiger partial charge in [-0.05, 0) is 36.4 Å². The van der Waals surface area contributed by atoms with Gasteiger partial charge < -0.3 is 4.74 Å². The molecule has 2 aromatic carbocycles. The number of hydrogen-bond donors (Lipinski definition) is 0. The SMILES string of the molecule is N#Cc1ccc(OCCSc2ccc3ccccc3n2)cc1. The van der Waals surface area contributed by atoms with Gasteiger partial charge in [-0.1, -0.05) is 24.3 Å². The number of thioether (sulfide) groups is 1. The molecule has 0 radical (unpaired) electrons. The van der Waals surface area contributed by atoms with Crippen LogP contribution in [-0.2, 0) is 0 Å². The van der Waals surface area contributed by atoms with Gasteiger partial charge in [-0.15, -0.1) is 11.8 Å². The number of nitriles is 1. The Hall–Kier alpha value is -2.51. The average Bonchev–Trinajstić information content (AvgIpc) is 2.59. The highest BCUT2D eigenvalue weighted by atomic mass is 32.2. The van der Waals surface area contributed by atoms with Crippen molar-refractivity contribution in [2.75, 3.05) is 12.4 Å². The third kappa shape index (κ3) is 3.57. The molecular weight excluding hydrogens is 292 g/mol. The fraction of sp³-hybridized carbons (Fsp3) is 0.111. The highest BCUT2D eigenvalue weighted by Crippen LogP contribution is 2.20. The first-order chi connectivity index (χ1) is 10.8. The summed E-state index contributed by atoms with van der Waals surface area (Å²) in [5, 5.41) is 10.9. The van der Waals surface area contributed by atoms with Crippen molar-refractivity contribution in [3.63, 3.8) is 0 Å². The second-order valence-corrected chi connectivity index (χ2v) is 5.79. The highest BCUT2D eigenvalue weighted by Gasteiger charge is 2.00. The van der Waals surface area contributed by atoms with Crippen LogP contribution in [0.15, 0.2) is 65.7 Å². The molecule has 0 amide bonds. The Kier molecular flexibility index (Phi) is 4.57. The summed E-state index contributed by atoms with van der Waals surface area (Å²) in [5.41, 5.74) is 1.66. The van der Waals surface area contributed by atoms with Crippen molar-refractivity contribution in [1.29, 1.82) is 5.26 Å². The average molecular weight is 306 g/mol. The molecule has 0 aliphatic carbocycles. The van der Waals surface area contributed by atoms with Crippen LogP contribution in [0.3, 0.4) is 0 Å².